The highest BCUT2D eigenvalue weighted by atomic mass is 32.2. The van der Waals surface area contributed by atoms with Gasteiger partial charge in [0.2, 0.25) is 31.9 Å². The van der Waals surface area contributed by atoms with Crippen molar-refractivity contribution in [2.45, 2.75) is 132 Å². The molecule has 0 saturated carbocycles. The largest absolute Gasteiger partial charge is 0.550 e. The smallest absolute Gasteiger partial charge is 0.308 e. The van der Waals surface area contributed by atoms with Crippen LogP contribution in [0.15, 0.2) is 60.7 Å². The molecule has 0 bridgehead atoms. The summed E-state index contributed by atoms with van der Waals surface area (Å²) in [6, 6.07) is 11.0. The van der Waals surface area contributed by atoms with Crippen molar-refractivity contribution in [3.8, 4) is 22.5 Å². The van der Waals surface area contributed by atoms with Crippen LogP contribution < -0.4 is 13.7 Å². The zero-order valence-electron chi connectivity index (χ0n) is 40.7. The number of hydrogen-bond acceptors (Lipinski definition) is 16. The number of carbonyl (C=O) groups is 2. The average molecular weight is 1070 g/mol. The van der Waals surface area contributed by atoms with E-state index in [1.54, 1.807) is 6.08 Å². The molecule has 0 aliphatic rings. The normalized spacial score (nSPS) is 13.2. The van der Waals surface area contributed by atoms with E-state index in [2.05, 4.69) is 19.9 Å². The summed E-state index contributed by atoms with van der Waals surface area (Å²) in [4.78, 5) is 40.2. The SMILES string of the molecule is C.C.C.CC(C)c1nc(N(C)S(C)(=O)=O)nc(-c2ccc(F)cc2)c1/C=C/[C@@H](O)C[C@@H](O)CC(=O)[O-].CCCCOC(=O)C[C@H](O)C[C@H](O)/C=C/c1c(-c2ccc(F)cc2)nc(N(C)S(C)(=O)=O)nc1C(C)C. The van der Waals surface area contributed by atoms with Gasteiger partial charge in [-0.2, -0.15) is 0 Å². The van der Waals surface area contributed by atoms with Gasteiger partial charge in [-0.1, -0.05) is 87.6 Å². The molecule has 2 aromatic heterocycles. The molecule has 4 atom stereocenters. The number of rotatable bonds is 23. The van der Waals surface area contributed by atoms with Gasteiger partial charge in [0.15, 0.2) is 0 Å². The maximum Gasteiger partial charge on any atom is 0.308 e. The fourth-order valence-electron chi connectivity index (χ4n) is 6.46. The minimum absolute atomic E-state index is 0. The number of aliphatic hydroxyl groups is 4. The number of halogens is 2. The Balaban J connectivity index is 0.00000137. The van der Waals surface area contributed by atoms with E-state index in [9.17, 15) is 60.7 Å². The van der Waals surface area contributed by atoms with Gasteiger partial charge in [-0.3, -0.25) is 4.79 Å². The maximum atomic E-state index is 13.6. The quantitative estimate of drug-likeness (QED) is 0.0448. The zero-order valence-corrected chi connectivity index (χ0v) is 42.3. The van der Waals surface area contributed by atoms with E-state index >= 15 is 0 Å². The van der Waals surface area contributed by atoms with E-state index in [0.29, 0.717) is 51.6 Å². The second-order valence-corrected chi connectivity index (χ2v) is 21.1. The van der Waals surface area contributed by atoms with E-state index in [-0.39, 0.29) is 65.3 Å². The van der Waals surface area contributed by atoms with Crippen LogP contribution in [0.3, 0.4) is 0 Å². The molecule has 4 N–H and O–H groups in total. The predicted molar refractivity (Wildman–Crippen MR) is 281 cm³/mol. The molecule has 0 spiro atoms. The fourth-order valence-corrected chi connectivity index (χ4v) is 7.22. The molecule has 0 aliphatic carbocycles. The number of carboxylic acids is 1. The number of aliphatic hydroxyl groups excluding tert-OH is 4. The van der Waals surface area contributed by atoms with Crippen LogP contribution in [0.2, 0.25) is 0 Å². The third-order valence-electron chi connectivity index (χ3n) is 10.4. The molecule has 0 fully saturated rings. The summed E-state index contributed by atoms with van der Waals surface area (Å²) in [5, 5.41) is 51.3. The fraction of sp³-hybridized carbons (Fsp3) is 0.490. The monoisotopic (exact) mass is 1070 g/mol. The second kappa shape index (κ2) is 30.4. The maximum absolute atomic E-state index is 13.6. The Hall–Kier alpha value is -5.78. The molecule has 0 saturated heterocycles. The van der Waals surface area contributed by atoms with Crippen molar-refractivity contribution in [1.29, 1.82) is 0 Å². The molecule has 73 heavy (non-hydrogen) atoms. The van der Waals surface area contributed by atoms with E-state index < -0.39 is 74.5 Å². The van der Waals surface area contributed by atoms with Crippen molar-refractivity contribution in [1.82, 2.24) is 19.9 Å². The number of hydrogen-bond donors (Lipinski definition) is 4. The Bertz CT molecular complexity index is 2670. The minimum atomic E-state index is -3.66. The third-order valence-corrected chi connectivity index (χ3v) is 12.7. The van der Waals surface area contributed by atoms with Crippen molar-refractivity contribution in [2.24, 2.45) is 0 Å². The number of nitrogens with zero attached hydrogens (tertiary/aromatic N) is 6. The molecule has 2 aromatic carbocycles. The van der Waals surface area contributed by atoms with E-state index in [4.69, 9.17) is 4.74 Å². The first-order valence-electron chi connectivity index (χ1n) is 22.3. The van der Waals surface area contributed by atoms with Crippen LogP contribution in [0.1, 0.15) is 130 Å². The molecule has 22 heteroatoms. The molecular formula is C51H75F2N6O12S2-. The molecule has 0 aliphatic heterocycles. The highest BCUT2D eigenvalue weighted by Crippen LogP contribution is 2.33. The van der Waals surface area contributed by atoms with Gasteiger partial charge >= 0.3 is 5.97 Å². The number of esters is 1. The van der Waals surface area contributed by atoms with Gasteiger partial charge in [0.1, 0.15) is 11.6 Å². The van der Waals surface area contributed by atoms with Crippen molar-refractivity contribution in [3.05, 3.63) is 94.8 Å². The Morgan fingerprint density at radius 2 is 1.01 bits per heavy atom. The van der Waals surface area contributed by atoms with Gasteiger partial charge in [0.05, 0.1) is 72.7 Å². The number of ether oxygens (including phenoxy) is 1. The number of carboxylic acid groups (broad SMARTS) is 1. The highest BCUT2D eigenvalue weighted by Gasteiger charge is 2.25. The molecule has 0 amide bonds. The van der Waals surface area contributed by atoms with Crippen LogP contribution in [-0.2, 0) is 34.4 Å². The summed E-state index contributed by atoms with van der Waals surface area (Å²) in [5.41, 5.74) is 3.67. The molecule has 18 nitrogen and oxygen atoms in total. The van der Waals surface area contributed by atoms with Crippen LogP contribution in [0, 0.1) is 11.6 Å². The summed E-state index contributed by atoms with van der Waals surface area (Å²) >= 11 is 0. The van der Waals surface area contributed by atoms with Crippen molar-refractivity contribution in [3.63, 3.8) is 0 Å². The lowest BCUT2D eigenvalue weighted by Gasteiger charge is -2.20. The van der Waals surface area contributed by atoms with E-state index in [1.165, 1.54) is 80.9 Å². The summed E-state index contributed by atoms with van der Waals surface area (Å²) in [6.45, 7) is 9.71. The number of aliphatic carboxylic acids is 1. The van der Waals surface area contributed by atoms with Crippen LogP contribution in [0.5, 0.6) is 0 Å². The zero-order chi connectivity index (χ0) is 52.7. The Morgan fingerprint density at radius 3 is 1.33 bits per heavy atom. The average Bonchev–Trinajstić information content (AvgIpc) is 3.26. The second-order valence-electron chi connectivity index (χ2n) is 17.1. The lowest BCUT2D eigenvalue weighted by Crippen LogP contribution is -2.29. The molecular weight excluding hydrogens is 991 g/mol. The first-order valence-corrected chi connectivity index (χ1v) is 26.0. The number of aromatic nitrogens is 4. The number of unbranched alkanes of at least 4 members (excludes halogenated alkanes) is 1. The number of anilines is 2. The molecule has 4 aromatic rings. The van der Waals surface area contributed by atoms with Crippen LogP contribution in [0.4, 0.5) is 20.7 Å². The summed E-state index contributed by atoms with van der Waals surface area (Å²) < 4.78 is 82.5. The lowest BCUT2D eigenvalue weighted by atomic mass is 9.97. The van der Waals surface area contributed by atoms with Crippen LogP contribution >= 0.6 is 0 Å². The first kappa shape index (κ1) is 67.2. The number of sulfonamides is 2. The number of carbonyl (C=O) groups excluding carboxylic acids is 2. The van der Waals surface area contributed by atoms with Gasteiger partial charge in [-0.25, -0.2) is 54.2 Å². The van der Waals surface area contributed by atoms with Crippen LogP contribution in [-0.4, -0.2) is 127 Å². The van der Waals surface area contributed by atoms with Crippen molar-refractivity contribution < 1.29 is 65.5 Å². The lowest BCUT2D eigenvalue weighted by molar-refractivity contribution is -0.307. The predicted octanol–water partition coefficient (Wildman–Crippen LogP) is 6.64. The summed E-state index contributed by atoms with van der Waals surface area (Å²) in [5.74, 6) is -3.31. The van der Waals surface area contributed by atoms with Gasteiger partial charge in [0.25, 0.3) is 0 Å². The number of benzene rings is 2. The standard InChI is InChI=1S/C26H36FN3O6S.C22H28FN3O6S.3CH4/c1-6-7-14-36-23(33)16-21(32)15-20(31)12-13-22-24(17(2)3)28-26(30(4)37(5,34)35)29-25(22)18-8-10-19(27)11-9-18;1-13(2)20-18(10-9-16(27)11-17(28)12-19(29)30)21(14-5-7-15(23)8-6-14)25-22(24-20)26(3)33(4,31)32;;;/h8-13,17,20-21,31-32H,6-7,14-16H2,1-5H3;5-10,13,16-17,27-28H,11-12H2,1-4H3,(H,29,30);3*1H4/p-1/b13-12+;10-9+;;;/t20-,21-;16-,17-;;;/m11.../s1. The molecule has 2 heterocycles. The summed E-state index contributed by atoms with van der Waals surface area (Å²) in [7, 11) is -4.64. The first-order chi connectivity index (χ1) is 32.6. The van der Waals surface area contributed by atoms with Gasteiger partial charge < -0.3 is 35.1 Å². The molecule has 0 unspecified atom stereocenters. The minimum Gasteiger partial charge on any atom is -0.550 e. The van der Waals surface area contributed by atoms with Crippen LogP contribution in [0.25, 0.3) is 34.7 Å². The molecule has 408 valence electrons. The highest BCUT2D eigenvalue weighted by molar-refractivity contribution is 7.92. The third kappa shape index (κ3) is 21.3. The van der Waals surface area contributed by atoms with E-state index in [1.807, 2.05) is 34.6 Å². The molecule has 0 radical (unpaired) electrons. The topological polar surface area (TPSA) is 274 Å². The molecule has 4 rings (SSSR count). The summed E-state index contributed by atoms with van der Waals surface area (Å²) in [6.07, 6.45) is 3.75. The Kier molecular flexibility index (Phi) is 28.0. The van der Waals surface area contributed by atoms with Crippen molar-refractivity contribution in [2.75, 3.05) is 41.8 Å². The Morgan fingerprint density at radius 1 is 0.658 bits per heavy atom. The Labute approximate surface area is 430 Å². The van der Waals surface area contributed by atoms with Gasteiger partial charge in [-0.15, -0.1) is 0 Å². The van der Waals surface area contributed by atoms with Crippen molar-refractivity contribution >= 4 is 56.0 Å². The van der Waals surface area contributed by atoms with Gasteiger partial charge in [-0.05, 0) is 66.8 Å². The van der Waals surface area contributed by atoms with Gasteiger partial charge in [0, 0.05) is 61.6 Å². The van der Waals surface area contributed by atoms with E-state index in [0.717, 1.165) is 34.0 Å².